The molecule has 2 rings (SSSR count). The van der Waals surface area contributed by atoms with Crippen LogP contribution in [0.2, 0.25) is 0 Å². The third kappa shape index (κ3) is 2.08. The van der Waals surface area contributed by atoms with Crippen LogP contribution in [0, 0.1) is 6.92 Å². The maximum atomic E-state index is 5.61. The largest absolute Gasteiger partial charge is 0.271 e. The van der Waals surface area contributed by atoms with Crippen LogP contribution in [-0.2, 0) is 0 Å². The molecular weight excluding hydrogens is 200 g/mol. The van der Waals surface area contributed by atoms with E-state index in [1.54, 1.807) is 12.4 Å². The molecule has 1 heterocycles. The highest BCUT2D eigenvalue weighted by Gasteiger charge is 2.13. The van der Waals surface area contributed by atoms with Crippen molar-refractivity contribution in [3.63, 3.8) is 0 Å². The van der Waals surface area contributed by atoms with Crippen LogP contribution in [0.4, 0.5) is 0 Å². The van der Waals surface area contributed by atoms with Crippen molar-refractivity contribution in [2.75, 3.05) is 0 Å². The van der Waals surface area contributed by atoms with Gasteiger partial charge < -0.3 is 0 Å². The number of nitrogens with one attached hydrogen (secondary N) is 1. The zero-order chi connectivity index (χ0) is 11.4. The zero-order valence-corrected chi connectivity index (χ0v) is 9.09. The van der Waals surface area contributed by atoms with Gasteiger partial charge in [-0.05, 0) is 29.7 Å². The summed E-state index contributed by atoms with van der Waals surface area (Å²) in [6, 6.07) is 9.99. The number of nitrogens with zero attached hydrogens (tertiary/aromatic N) is 2. The molecule has 0 spiro atoms. The van der Waals surface area contributed by atoms with Crippen LogP contribution in [-0.4, -0.2) is 10.2 Å². The Morgan fingerprint density at radius 3 is 2.62 bits per heavy atom. The van der Waals surface area contributed by atoms with Crippen LogP contribution < -0.4 is 11.3 Å². The number of aryl methyl sites for hydroxylation is 1. The lowest BCUT2D eigenvalue weighted by Crippen LogP contribution is -2.29. The Labute approximate surface area is 94.5 Å². The molecule has 1 aromatic carbocycles. The first kappa shape index (κ1) is 10.7. The standard InChI is InChI=1S/C12H14N4/c1-9-4-2-3-5-11(9)12(16-13)10-6-7-14-15-8-10/h2-8,12,16H,13H2,1H3. The number of hydrazine groups is 1. The van der Waals surface area contributed by atoms with Crippen LogP contribution in [0.15, 0.2) is 42.7 Å². The first-order valence-electron chi connectivity index (χ1n) is 5.11. The molecule has 1 atom stereocenters. The highest BCUT2D eigenvalue weighted by Crippen LogP contribution is 2.22. The molecule has 4 nitrogen and oxygen atoms in total. The molecule has 0 aliphatic carbocycles. The lowest BCUT2D eigenvalue weighted by atomic mass is 9.97. The van der Waals surface area contributed by atoms with Crippen molar-refractivity contribution >= 4 is 0 Å². The molecule has 0 saturated carbocycles. The first-order chi connectivity index (χ1) is 7.83. The lowest BCUT2D eigenvalue weighted by Gasteiger charge is -2.18. The summed E-state index contributed by atoms with van der Waals surface area (Å²) in [5.74, 6) is 5.61. The SMILES string of the molecule is Cc1ccccc1C(NN)c1ccnnc1. The predicted octanol–water partition coefficient (Wildman–Crippen LogP) is 1.34. The van der Waals surface area contributed by atoms with Crippen molar-refractivity contribution in [3.8, 4) is 0 Å². The monoisotopic (exact) mass is 214 g/mol. The van der Waals surface area contributed by atoms with Crippen LogP contribution in [0.3, 0.4) is 0 Å². The van der Waals surface area contributed by atoms with Gasteiger partial charge in [-0.3, -0.25) is 5.84 Å². The first-order valence-corrected chi connectivity index (χ1v) is 5.11. The number of benzene rings is 1. The van der Waals surface area contributed by atoms with Gasteiger partial charge in [-0.25, -0.2) is 5.43 Å². The molecule has 82 valence electrons. The molecule has 0 amide bonds. The average Bonchev–Trinajstić information content (AvgIpc) is 2.34. The smallest absolute Gasteiger partial charge is 0.0728 e. The molecular formula is C12H14N4. The molecule has 16 heavy (non-hydrogen) atoms. The minimum atomic E-state index is -0.0447. The summed E-state index contributed by atoms with van der Waals surface area (Å²) < 4.78 is 0. The molecule has 2 aromatic rings. The number of rotatable bonds is 3. The van der Waals surface area contributed by atoms with Crippen molar-refractivity contribution in [1.82, 2.24) is 15.6 Å². The third-order valence-corrected chi connectivity index (χ3v) is 2.61. The number of nitrogens with two attached hydrogens (primary N) is 1. The van der Waals surface area contributed by atoms with E-state index < -0.39 is 0 Å². The summed E-state index contributed by atoms with van der Waals surface area (Å²) in [5.41, 5.74) is 6.16. The van der Waals surface area contributed by atoms with Gasteiger partial charge in [0, 0.05) is 6.20 Å². The molecule has 0 aliphatic heterocycles. The van der Waals surface area contributed by atoms with Crippen LogP contribution in [0.5, 0.6) is 0 Å². The number of aromatic nitrogens is 2. The van der Waals surface area contributed by atoms with Crippen LogP contribution >= 0.6 is 0 Å². The van der Waals surface area contributed by atoms with Crippen molar-refractivity contribution in [2.24, 2.45) is 5.84 Å². The van der Waals surface area contributed by atoms with E-state index in [-0.39, 0.29) is 6.04 Å². The Morgan fingerprint density at radius 1 is 1.19 bits per heavy atom. The molecule has 4 heteroatoms. The second-order valence-electron chi connectivity index (χ2n) is 3.63. The van der Waals surface area contributed by atoms with E-state index in [0.29, 0.717) is 0 Å². The van der Waals surface area contributed by atoms with Crippen LogP contribution in [0.1, 0.15) is 22.7 Å². The van der Waals surface area contributed by atoms with E-state index in [4.69, 9.17) is 5.84 Å². The fraction of sp³-hybridized carbons (Fsp3) is 0.167. The highest BCUT2D eigenvalue weighted by atomic mass is 15.2. The molecule has 3 N–H and O–H groups in total. The normalized spacial score (nSPS) is 12.4. The van der Waals surface area contributed by atoms with Gasteiger partial charge in [0.1, 0.15) is 0 Å². The van der Waals surface area contributed by atoms with Gasteiger partial charge in [0.05, 0.1) is 12.2 Å². The highest BCUT2D eigenvalue weighted by molar-refractivity contribution is 5.35. The van der Waals surface area contributed by atoms with E-state index in [1.165, 1.54) is 5.56 Å². The predicted molar refractivity (Wildman–Crippen MR) is 62.4 cm³/mol. The minimum Gasteiger partial charge on any atom is -0.271 e. The summed E-state index contributed by atoms with van der Waals surface area (Å²) in [6.45, 7) is 2.06. The minimum absolute atomic E-state index is 0.0447. The maximum absolute atomic E-state index is 5.61. The van der Waals surface area contributed by atoms with Gasteiger partial charge in [0.15, 0.2) is 0 Å². The maximum Gasteiger partial charge on any atom is 0.0728 e. The van der Waals surface area contributed by atoms with Crippen LogP contribution in [0.25, 0.3) is 0 Å². The lowest BCUT2D eigenvalue weighted by molar-refractivity contribution is 0.629. The Hall–Kier alpha value is -1.78. The summed E-state index contributed by atoms with van der Waals surface area (Å²) in [4.78, 5) is 0. The van der Waals surface area contributed by atoms with Gasteiger partial charge >= 0.3 is 0 Å². The Kier molecular flexibility index (Phi) is 3.24. The Balaban J connectivity index is 2.41. The number of hydrogen-bond acceptors (Lipinski definition) is 4. The van der Waals surface area contributed by atoms with E-state index in [2.05, 4.69) is 34.7 Å². The second kappa shape index (κ2) is 4.83. The van der Waals surface area contributed by atoms with Gasteiger partial charge in [0.25, 0.3) is 0 Å². The van der Waals surface area contributed by atoms with E-state index >= 15 is 0 Å². The van der Waals surface area contributed by atoms with Gasteiger partial charge in [0.2, 0.25) is 0 Å². The zero-order valence-electron chi connectivity index (χ0n) is 9.09. The van der Waals surface area contributed by atoms with Crippen molar-refractivity contribution < 1.29 is 0 Å². The molecule has 0 radical (unpaired) electrons. The van der Waals surface area contributed by atoms with Gasteiger partial charge in [-0.15, -0.1) is 0 Å². The fourth-order valence-corrected chi connectivity index (χ4v) is 1.75. The fourth-order valence-electron chi connectivity index (χ4n) is 1.75. The second-order valence-corrected chi connectivity index (χ2v) is 3.63. The van der Waals surface area contributed by atoms with Gasteiger partial charge in [-0.1, -0.05) is 24.3 Å². The topological polar surface area (TPSA) is 63.8 Å². The Morgan fingerprint density at radius 2 is 2.00 bits per heavy atom. The molecule has 1 unspecified atom stereocenters. The number of hydrogen-bond donors (Lipinski definition) is 2. The quantitative estimate of drug-likeness (QED) is 0.597. The summed E-state index contributed by atoms with van der Waals surface area (Å²) in [6.07, 6.45) is 3.38. The van der Waals surface area contributed by atoms with Crippen molar-refractivity contribution in [1.29, 1.82) is 0 Å². The van der Waals surface area contributed by atoms with E-state index in [9.17, 15) is 0 Å². The summed E-state index contributed by atoms with van der Waals surface area (Å²) >= 11 is 0. The molecule has 0 saturated heterocycles. The molecule has 0 fully saturated rings. The summed E-state index contributed by atoms with van der Waals surface area (Å²) in [5, 5.41) is 7.62. The molecule has 0 bridgehead atoms. The third-order valence-electron chi connectivity index (χ3n) is 2.61. The Bertz CT molecular complexity index is 456. The van der Waals surface area contributed by atoms with Crippen molar-refractivity contribution in [2.45, 2.75) is 13.0 Å². The van der Waals surface area contributed by atoms with E-state index in [0.717, 1.165) is 11.1 Å². The van der Waals surface area contributed by atoms with E-state index in [1.807, 2.05) is 18.2 Å². The average molecular weight is 214 g/mol. The molecule has 0 aliphatic rings. The molecule has 1 aromatic heterocycles. The summed E-state index contributed by atoms with van der Waals surface area (Å²) in [7, 11) is 0. The van der Waals surface area contributed by atoms with Gasteiger partial charge in [-0.2, -0.15) is 10.2 Å². The van der Waals surface area contributed by atoms with Crippen molar-refractivity contribution in [3.05, 3.63) is 59.4 Å².